The highest BCUT2D eigenvalue weighted by molar-refractivity contribution is 6.30. The maximum absolute atomic E-state index is 12.5. The number of benzene rings is 1. The molecule has 0 spiro atoms. The number of halogens is 1. The Bertz CT molecular complexity index is 725. The Balaban J connectivity index is 1.92. The molecule has 4 heteroatoms. The van der Waals surface area contributed by atoms with Crippen molar-refractivity contribution < 1.29 is 9.53 Å². The molecule has 0 fully saturated rings. The molecule has 0 aliphatic carbocycles. The number of nitrogens with zero attached hydrogens (tertiary/aromatic N) is 1. The van der Waals surface area contributed by atoms with Crippen LogP contribution in [0.4, 0.5) is 0 Å². The van der Waals surface area contributed by atoms with Gasteiger partial charge in [0.25, 0.3) is 0 Å². The number of carbonyl (C=O) groups excluding carboxylic acids is 1. The normalized spacial score (nSPS) is 12.9. The number of hydrogen-bond acceptors (Lipinski definition) is 3. The maximum Gasteiger partial charge on any atom is 0.169 e. The fourth-order valence-electron chi connectivity index (χ4n) is 2.73. The summed E-state index contributed by atoms with van der Waals surface area (Å²) >= 11 is 6.13. The Kier molecular flexibility index (Phi) is 3.68. The van der Waals surface area contributed by atoms with Crippen LogP contribution < -0.4 is 4.74 Å². The zero-order chi connectivity index (χ0) is 15.0. The lowest BCUT2D eigenvalue weighted by atomic mass is 9.99. The molecule has 21 heavy (non-hydrogen) atoms. The van der Waals surface area contributed by atoms with Gasteiger partial charge in [0.2, 0.25) is 0 Å². The van der Waals surface area contributed by atoms with Crippen molar-refractivity contribution in [2.45, 2.75) is 26.7 Å². The zero-order valence-corrected chi connectivity index (χ0v) is 12.8. The number of carbonyl (C=O) groups is 1. The second kappa shape index (κ2) is 5.49. The Hall–Kier alpha value is -1.87. The molecule has 1 aromatic carbocycles. The van der Waals surface area contributed by atoms with Gasteiger partial charge in [0.1, 0.15) is 5.75 Å². The molecule has 1 aliphatic rings. The predicted molar refractivity (Wildman–Crippen MR) is 82.4 cm³/mol. The first-order valence-electron chi connectivity index (χ1n) is 6.96. The third-order valence-electron chi connectivity index (χ3n) is 3.70. The summed E-state index contributed by atoms with van der Waals surface area (Å²) < 4.78 is 5.64. The standard InChI is InChI=1S/C17H16ClNO2/c1-10-3-4-15(11(2)19-10)16(20)9-13-8-14(18)7-12-5-6-21-17(12)13/h3-4,7-8H,5-6,9H2,1-2H3. The molecule has 0 N–H and O–H groups in total. The summed E-state index contributed by atoms with van der Waals surface area (Å²) in [5.74, 6) is 0.866. The van der Waals surface area contributed by atoms with Gasteiger partial charge in [-0.15, -0.1) is 0 Å². The summed E-state index contributed by atoms with van der Waals surface area (Å²) in [5.41, 5.74) is 4.28. The lowest BCUT2D eigenvalue weighted by Crippen LogP contribution is -2.08. The number of fused-ring (bicyclic) bond motifs is 1. The van der Waals surface area contributed by atoms with Gasteiger partial charge in [-0.1, -0.05) is 11.6 Å². The zero-order valence-electron chi connectivity index (χ0n) is 12.1. The van der Waals surface area contributed by atoms with E-state index in [2.05, 4.69) is 4.98 Å². The van der Waals surface area contributed by atoms with Gasteiger partial charge in [0.15, 0.2) is 5.78 Å². The molecule has 1 aromatic heterocycles. The van der Waals surface area contributed by atoms with Crippen LogP contribution in [0.15, 0.2) is 24.3 Å². The molecule has 0 bridgehead atoms. The van der Waals surface area contributed by atoms with Gasteiger partial charge in [-0.25, -0.2) is 0 Å². The SMILES string of the molecule is Cc1ccc(C(=O)Cc2cc(Cl)cc3c2OCC3)c(C)n1. The minimum Gasteiger partial charge on any atom is -0.493 e. The van der Waals surface area contributed by atoms with Gasteiger partial charge in [-0.05, 0) is 43.7 Å². The van der Waals surface area contributed by atoms with Crippen molar-refractivity contribution >= 4 is 17.4 Å². The first-order chi connectivity index (χ1) is 10.0. The number of rotatable bonds is 3. The van der Waals surface area contributed by atoms with E-state index in [9.17, 15) is 4.79 Å². The number of ketones is 1. The largest absolute Gasteiger partial charge is 0.493 e. The van der Waals surface area contributed by atoms with E-state index in [0.29, 0.717) is 17.2 Å². The van der Waals surface area contributed by atoms with E-state index >= 15 is 0 Å². The Morgan fingerprint density at radius 2 is 2.14 bits per heavy atom. The molecule has 0 saturated heterocycles. The molecule has 0 atom stereocenters. The summed E-state index contributed by atoms with van der Waals surface area (Å²) in [5, 5.41) is 0.654. The van der Waals surface area contributed by atoms with Crippen LogP contribution in [0.3, 0.4) is 0 Å². The number of Topliss-reactive ketones (excluding diaryl/α,β-unsaturated/α-hetero) is 1. The second-order valence-electron chi connectivity index (χ2n) is 5.34. The Labute approximate surface area is 128 Å². The lowest BCUT2D eigenvalue weighted by Gasteiger charge is -2.10. The summed E-state index contributed by atoms with van der Waals surface area (Å²) in [6.45, 7) is 4.43. The summed E-state index contributed by atoms with van der Waals surface area (Å²) in [7, 11) is 0. The number of ether oxygens (including phenoxy) is 1. The van der Waals surface area contributed by atoms with E-state index in [1.165, 1.54) is 0 Å². The molecule has 3 rings (SSSR count). The van der Waals surface area contributed by atoms with Crippen molar-refractivity contribution in [3.05, 3.63) is 57.4 Å². The Morgan fingerprint density at radius 3 is 2.90 bits per heavy atom. The monoisotopic (exact) mass is 301 g/mol. The predicted octanol–water partition coefficient (Wildman–Crippen LogP) is 3.71. The van der Waals surface area contributed by atoms with Crippen molar-refractivity contribution in [2.24, 2.45) is 0 Å². The molecular formula is C17H16ClNO2. The molecule has 0 saturated carbocycles. The van der Waals surface area contributed by atoms with E-state index in [4.69, 9.17) is 16.3 Å². The lowest BCUT2D eigenvalue weighted by molar-refractivity contribution is 0.0991. The van der Waals surface area contributed by atoms with Gasteiger partial charge in [0.05, 0.1) is 6.61 Å². The second-order valence-corrected chi connectivity index (χ2v) is 5.77. The Morgan fingerprint density at radius 1 is 1.33 bits per heavy atom. The molecule has 0 unspecified atom stereocenters. The van der Waals surface area contributed by atoms with Gasteiger partial charge < -0.3 is 4.74 Å². The smallest absolute Gasteiger partial charge is 0.169 e. The fraction of sp³-hybridized carbons (Fsp3) is 0.294. The summed E-state index contributed by atoms with van der Waals surface area (Å²) in [4.78, 5) is 16.9. The molecule has 108 valence electrons. The molecule has 3 nitrogen and oxygen atoms in total. The van der Waals surface area contributed by atoms with Crippen molar-refractivity contribution in [3.63, 3.8) is 0 Å². The molecular weight excluding hydrogens is 286 g/mol. The average Bonchev–Trinajstić information content (AvgIpc) is 2.86. The van der Waals surface area contributed by atoms with E-state index in [1.54, 1.807) is 0 Å². The topological polar surface area (TPSA) is 39.2 Å². The molecule has 2 heterocycles. The highest BCUT2D eigenvalue weighted by atomic mass is 35.5. The van der Waals surface area contributed by atoms with Crippen LogP contribution in [0.25, 0.3) is 0 Å². The fourth-order valence-corrected chi connectivity index (χ4v) is 2.99. The molecule has 0 amide bonds. The molecule has 1 aliphatic heterocycles. The highest BCUT2D eigenvalue weighted by Crippen LogP contribution is 2.33. The third-order valence-corrected chi connectivity index (χ3v) is 3.92. The van der Waals surface area contributed by atoms with Gasteiger partial charge >= 0.3 is 0 Å². The average molecular weight is 302 g/mol. The van der Waals surface area contributed by atoms with Gasteiger partial charge in [-0.3, -0.25) is 9.78 Å². The maximum atomic E-state index is 12.5. The van der Waals surface area contributed by atoms with Crippen molar-refractivity contribution in [1.29, 1.82) is 0 Å². The van der Waals surface area contributed by atoms with Gasteiger partial charge in [0, 0.05) is 40.4 Å². The van der Waals surface area contributed by atoms with Crippen LogP contribution in [0.1, 0.15) is 32.9 Å². The summed E-state index contributed by atoms with van der Waals surface area (Å²) in [6, 6.07) is 7.43. The van der Waals surface area contributed by atoms with Crippen molar-refractivity contribution in [1.82, 2.24) is 4.98 Å². The van der Waals surface area contributed by atoms with Crippen LogP contribution in [0, 0.1) is 13.8 Å². The number of hydrogen-bond donors (Lipinski definition) is 0. The van der Waals surface area contributed by atoms with Crippen LogP contribution in [-0.4, -0.2) is 17.4 Å². The first kappa shape index (κ1) is 14.1. The molecule has 0 radical (unpaired) electrons. The van der Waals surface area contributed by atoms with Crippen LogP contribution >= 0.6 is 11.6 Å². The van der Waals surface area contributed by atoms with Crippen LogP contribution in [0.5, 0.6) is 5.75 Å². The van der Waals surface area contributed by atoms with Crippen molar-refractivity contribution in [2.75, 3.05) is 6.61 Å². The number of pyridine rings is 1. The third kappa shape index (κ3) is 2.79. The van der Waals surface area contributed by atoms with Gasteiger partial charge in [-0.2, -0.15) is 0 Å². The van der Waals surface area contributed by atoms with Crippen LogP contribution in [0.2, 0.25) is 5.02 Å². The minimum absolute atomic E-state index is 0.0416. The van der Waals surface area contributed by atoms with E-state index < -0.39 is 0 Å². The van der Waals surface area contributed by atoms with E-state index in [1.807, 2.05) is 38.1 Å². The minimum atomic E-state index is 0.0416. The van der Waals surface area contributed by atoms with E-state index in [0.717, 1.165) is 34.7 Å². The molecule has 2 aromatic rings. The number of aryl methyl sites for hydroxylation is 2. The highest BCUT2D eigenvalue weighted by Gasteiger charge is 2.20. The quantitative estimate of drug-likeness (QED) is 0.811. The number of aromatic nitrogens is 1. The first-order valence-corrected chi connectivity index (χ1v) is 7.34. The van der Waals surface area contributed by atoms with Crippen LogP contribution in [-0.2, 0) is 12.8 Å². The van der Waals surface area contributed by atoms with E-state index in [-0.39, 0.29) is 12.2 Å². The van der Waals surface area contributed by atoms with Crippen molar-refractivity contribution in [3.8, 4) is 5.75 Å². The summed E-state index contributed by atoms with van der Waals surface area (Å²) in [6.07, 6.45) is 1.14.